The second-order valence-electron chi connectivity index (χ2n) is 4.46. The highest BCUT2D eigenvalue weighted by molar-refractivity contribution is 5.47. The smallest absolute Gasteiger partial charge is 0.132 e. The summed E-state index contributed by atoms with van der Waals surface area (Å²) in [4.78, 5) is 8.77. The van der Waals surface area contributed by atoms with E-state index in [1.807, 2.05) is 20.0 Å². The molecular formula is C15H19FN4. The number of rotatable bonds is 6. The van der Waals surface area contributed by atoms with E-state index >= 15 is 0 Å². The predicted molar refractivity (Wildman–Crippen MR) is 79.6 cm³/mol. The maximum absolute atomic E-state index is 12.8. The van der Waals surface area contributed by atoms with Gasteiger partial charge in [0, 0.05) is 26.1 Å². The number of aromatic nitrogens is 2. The number of nitrogens with zero attached hydrogens (tertiary/aromatic N) is 2. The van der Waals surface area contributed by atoms with Gasteiger partial charge >= 0.3 is 0 Å². The van der Waals surface area contributed by atoms with Crippen molar-refractivity contribution in [3.05, 3.63) is 47.5 Å². The van der Waals surface area contributed by atoms with Crippen LogP contribution in [-0.2, 0) is 12.8 Å². The summed E-state index contributed by atoms with van der Waals surface area (Å²) in [6, 6.07) is 8.44. The molecule has 0 radical (unpaired) electrons. The molecule has 1 heterocycles. The maximum Gasteiger partial charge on any atom is 0.132 e. The molecular weight excluding hydrogens is 255 g/mol. The molecule has 4 nitrogen and oxygen atoms in total. The maximum atomic E-state index is 12.8. The molecule has 0 fully saturated rings. The minimum Gasteiger partial charge on any atom is -0.373 e. The molecule has 2 N–H and O–H groups in total. The molecule has 0 aliphatic rings. The normalized spacial score (nSPS) is 10.3. The number of halogens is 1. The zero-order chi connectivity index (χ0) is 14.4. The van der Waals surface area contributed by atoms with Gasteiger partial charge in [0.05, 0.1) is 0 Å². The molecule has 0 aliphatic heterocycles. The first-order chi connectivity index (χ1) is 9.71. The first kappa shape index (κ1) is 14.2. The zero-order valence-electron chi connectivity index (χ0n) is 11.8. The summed E-state index contributed by atoms with van der Waals surface area (Å²) < 4.78 is 12.8. The highest BCUT2D eigenvalue weighted by atomic mass is 19.1. The van der Waals surface area contributed by atoms with E-state index < -0.39 is 0 Å². The Kier molecular flexibility index (Phi) is 4.87. The number of aryl methyl sites for hydroxylation is 1. The Morgan fingerprint density at radius 2 is 1.80 bits per heavy atom. The van der Waals surface area contributed by atoms with Crippen LogP contribution in [0.4, 0.5) is 16.0 Å². The van der Waals surface area contributed by atoms with Crippen molar-refractivity contribution >= 4 is 11.6 Å². The van der Waals surface area contributed by atoms with E-state index in [0.29, 0.717) is 0 Å². The van der Waals surface area contributed by atoms with Crippen molar-refractivity contribution in [2.24, 2.45) is 0 Å². The average Bonchev–Trinajstić information content (AvgIpc) is 2.49. The molecule has 1 aromatic carbocycles. The number of anilines is 2. The highest BCUT2D eigenvalue weighted by Gasteiger charge is 2.02. The summed E-state index contributed by atoms with van der Waals surface area (Å²) in [5.41, 5.74) is 1.09. The molecule has 0 saturated carbocycles. The van der Waals surface area contributed by atoms with Gasteiger partial charge in [-0.25, -0.2) is 14.4 Å². The number of nitrogens with one attached hydrogen (secondary N) is 2. The van der Waals surface area contributed by atoms with Gasteiger partial charge in [0.1, 0.15) is 23.3 Å². The third kappa shape index (κ3) is 3.91. The van der Waals surface area contributed by atoms with Gasteiger partial charge in [-0.1, -0.05) is 19.1 Å². The van der Waals surface area contributed by atoms with Crippen molar-refractivity contribution in [1.82, 2.24) is 9.97 Å². The zero-order valence-corrected chi connectivity index (χ0v) is 11.8. The lowest BCUT2D eigenvalue weighted by Gasteiger charge is -2.09. The summed E-state index contributed by atoms with van der Waals surface area (Å²) in [7, 11) is 1.84. The summed E-state index contributed by atoms with van der Waals surface area (Å²) in [5.74, 6) is 2.22. The van der Waals surface area contributed by atoms with Crippen LogP contribution < -0.4 is 10.6 Å². The lowest BCUT2D eigenvalue weighted by atomic mass is 10.1. The van der Waals surface area contributed by atoms with Gasteiger partial charge in [-0.05, 0) is 24.1 Å². The molecule has 20 heavy (non-hydrogen) atoms. The topological polar surface area (TPSA) is 49.8 Å². The molecule has 0 unspecified atom stereocenters. The summed E-state index contributed by atoms with van der Waals surface area (Å²) >= 11 is 0. The van der Waals surface area contributed by atoms with E-state index in [1.54, 1.807) is 12.1 Å². The molecule has 0 amide bonds. The van der Waals surface area contributed by atoms with Crippen molar-refractivity contribution in [2.45, 2.75) is 19.8 Å². The Balaban J connectivity index is 1.94. The summed E-state index contributed by atoms with van der Waals surface area (Å²) in [6.45, 7) is 2.77. The van der Waals surface area contributed by atoms with E-state index in [4.69, 9.17) is 0 Å². The van der Waals surface area contributed by atoms with Gasteiger partial charge in [0.15, 0.2) is 0 Å². The van der Waals surface area contributed by atoms with E-state index in [2.05, 4.69) is 20.6 Å². The fraction of sp³-hybridized carbons (Fsp3) is 0.333. The van der Waals surface area contributed by atoms with Crippen LogP contribution in [0.25, 0.3) is 0 Å². The van der Waals surface area contributed by atoms with Crippen molar-refractivity contribution in [2.75, 3.05) is 24.2 Å². The Bertz CT molecular complexity index is 532. The second-order valence-corrected chi connectivity index (χ2v) is 4.46. The van der Waals surface area contributed by atoms with E-state index in [9.17, 15) is 4.39 Å². The highest BCUT2D eigenvalue weighted by Crippen LogP contribution is 2.11. The first-order valence-electron chi connectivity index (χ1n) is 6.75. The molecule has 5 heteroatoms. The number of hydrogen-bond donors (Lipinski definition) is 2. The molecule has 0 atom stereocenters. The monoisotopic (exact) mass is 274 g/mol. The minimum atomic E-state index is -0.205. The molecule has 2 rings (SSSR count). The Morgan fingerprint density at radius 1 is 1.10 bits per heavy atom. The molecule has 0 saturated heterocycles. The van der Waals surface area contributed by atoms with Crippen LogP contribution in [0.2, 0.25) is 0 Å². The fourth-order valence-electron chi connectivity index (χ4n) is 1.86. The van der Waals surface area contributed by atoms with Crippen LogP contribution in [0.1, 0.15) is 18.3 Å². The van der Waals surface area contributed by atoms with E-state index in [-0.39, 0.29) is 5.82 Å². The lowest BCUT2D eigenvalue weighted by Crippen LogP contribution is -2.09. The van der Waals surface area contributed by atoms with Gasteiger partial charge in [-0.3, -0.25) is 0 Å². The Morgan fingerprint density at radius 3 is 2.45 bits per heavy atom. The summed E-state index contributed by atoms with van der Waals surface area (Å²) in [5, 5.41) is 6.30. The third-order valence-corrected chi connectivity index (χ3v) is 2.98. The Labute approximate surface area is 118 Å². The second kappa shape index (κ2) is 6.84. The molecule has 0 bridgehead atoms. The molecule has 2 aromatic rings. The quantitative estimate of drug-likeness (QED) is 0.850. The largest absolute Gasteiger partial charge is 0.373 e. The lowest BCUT2D eigenvalue weighted by molar-refractivity contribution is 0.627. The minimum absolute atomic E-state index is 0.205. The molecule has 0 aliphatic carbocycles. The van der Waals surface area contributed by atoms with Crippen LogP contribution in [0.3, 0.4) is 0 Å². The van der Waals surface area contributed by atoms with Crippen LogP contribution in [0.15, 0.2) is 30.3 Å². The Hall–Kier alpha value is -2.17. The van der Waals surface area contributed by atoms with E-state index in [0.717, 1.165) is 42.4 Å². The van der Waals surface area contributed by atoms with Crippen LogP contribution in [-0.4, -0.2) is 23.6 Å². The van der Waals surface area contributed by atoms with Gasteiger partial charge in [0.2, 0.25) is 0 Å². The van der Waals surface area contributed by atoms with Crippen molar-refractivity contribution in [3.8, 4) is 0 Å². The van der Waals surface area contributed by atoms with Gasteiger partial charge in [-0.15, -0.1) is 0 Å². The average molecular weight is 274 g/mol. The standard InChI is InChI=1S/C15H19FN4/c1-3-13-19-14(17-2)10-15(20-13)18-9-8-11-4-6-12(16)7-5-11/h4-7,10H,3,8-9H2,1-2H3,(H2,17,18,19,20). The van der Waals surface area contributed by atoms with Crippen molar-refractivity contribution in [1.29, 1.82) is 0 Å². The summed E-state index contributed by atoms with van der Waals surface area (Å²) in [6.07, 6.45) is 1.61. The van der Waals surface area contributed by atoms with E-state index in [1.165, 1.54) is 12.1 Å². The third-order valence-electron chi connectivity index (χ3n) is 2.98. The molecule has 0 spiro atoms. The van der Waals surface area contributed by atoms with Gasteiger partial charge in [-0.2, -0.15) is 0 Å². The van der Waals surface area contributed by atoms with Crippen molar-refractivity contribution < 1.29 is 4.39 Å². The van der Waals surface area contributed by atoms with Gasteiger partial charge < -0.3 is 10.6 Å². The number of benzene rings is 1. The van der Waals surface area contributed by atoms with Crippen LogP contribution in [0, 0.1) is 5.82 Å². The van der Waals surface area contributed by atoms with Crippen molar-refractivity contribution in [3.63, 3.8) is 0 Å². The van der Waals surface area contributed by atoms with Gasteiger partial charge in [0.25, 0.3) is 0 Å². The molecule has 106 valence electrons. The predicted octanol–water partition coefficient (Wildman–Crippen LogP) is 2.87. The van der Waals surface area contributed by atoms with Crippen LogP contribution >= 0.6 is 0 Å². The first-order valence-corrected chi connectivity index (χ1v) is 6.75. The SMILES string of the molecule is CCc1nc(NC)cc(NCCc2ccc(F)cc2)n1. The molecule has 1 aromatic heterocycles. The number of hydrogen-bond acceptors (Lipinski definition) is 4. The fourth-order valence-corrected chi connectivity index (χ4v) is 1.86. The van der Waals surface area contributed by atoms with Crippen LogP contribution in [0.5, 0.6) is 0 Å².